The van der Waals surface area contributed by atoms with Gasteiger partial charge in [0.25, 0.3) is 0 Å². The topological polar surface area (TPSA) is 62.4 Å². The molecule has 0 aromatic carbocycles. The lowest BCUT2D eigenvalue weighted by Crippen LogP contribution is -2.36. The van der Waals surface area contributed by atoms with Crippen LogP contribution in [0.15, 0.2) is 12.1 Å². The van der Waals surface area contributed by atoms with Gasteiger partial charge in [0.15, 0.2) is 0 Å². The van der Waals surface area contributed by atoms with Crippen LogP contribution >= 0.6 is 0 Å². The summed E-state index contributed by atoms with van der Waals surface area (Å²) in [5, 5.41) is 9.05. The molecule has 0 amide bonds. The number of rotatable bonds is 4. The minimum absolute atomic E-state index is 0.286. The number of pyridine rings is 1. The van der Waals surface area contributed by atoms with Crippen LogP contribution < -0.4 is 10.6 Å². The van der Waals surface area contributed by atoms with Gasteiger partial charge in [0, 0.05) is 31.9 Å². The zero-order valence-corrected chi connectivity index (χ0v) is 11.1. The van der Waals surface area contributed by atoms with E-state index in [1.807, 2.05) is 13.0 Å². The van der Waals surface area contributed by atoms with Crippen LogP contribution in [0.5, 0.6) is 0 Å². The van der Waals surface area contributed by atoms with Gasteiger partial charge in [-0.15, -0.1) is 0 Å². The van der Waals surface area contributed by atoms with Crippen molar-refractivity contribution >= 4 is 5.82 Å². The van der Waals surface area contributed by atoms with Crippen LogP contribution in [0.2, 0.25) is 0 Å². The molecule has 4 heteroatoms. The Labute approximate surface area is 109 Å². The summed E-state index contributed by atoms with van der Waals surface area (Å²) < 4.78 is 0. The minimum atomic E-state index is 0.286. The Bertz CT molecular complexity index is 393. The molecule has 1 unspecified atom stereocenters. The van der Waals surface area contributed by atoms with E-state index in [1.54, 1.807) is 0 Å². The Balaban J connectivity index is 2.12. The smallest absolute Gasteiger partial charge is 0.129 e. The maximum atomic E-state index is 9.05. The first-order valence-corrected chi connectivity index (χ1v) is 6.76. The molecule has 1 fully saturated rings. The van der Waals surface area contributed by atoms with E-state index in [0.29, 0.717) is 12.5 Å². The fourth-order valence-electron chi connectivity index (χ4n) is 2.69. The molecular weight excluding hydrogens is 226 g/mol. The zero-order valence-electron chi connectivity index (χ0n) is 11.1. The highest BCUT2D eigenvalue weighted by Gasteiger charge is 2.20. The van der Waals surface area contributed by atoms with Crippen molar-refractivity contribution in [3.8, 4) is 0 Å². The lowest BCUT2D eigenvalue weighted by Gasteiger charge is -2.33. The summed E-state index contributed by atoms with van der Waals surface area (Å²) in [7, 11) is 0. The van der Waals surface area contributed by atoms with Crippen LogP contribution in [-0.4, -0.2) is 29.8 Å². The number of aryl methyl sites for hydroxylation is 1. The van der Waals surface area contributed by atoms with Crippen molar-refractivity contribution in [3.05, 3.63) is 23.4 Å². The van der Waals surface area contributed by atoms with E-state index >= 15 is 0 Å². The molecule has 0 saturated carbocycles. The number of nitrogens with zero attached hydrogens (tertiary/aromatic N) is 2. The number of hydrogen-bond donors (Lipinski definition) is 2. The van der Waals surface area contributed by atoms with Gasteiger partial charge in [0.2, 0.25) is 0 Å². The van der Waals surface area contributed by atoms with Gasteiger partial charge < -0.3 is 15.7 Å². The van der Waals surface area contributed by atoms with Crippen molar-refractivity contribution in [3.63, 3.8) is 0 Å². The molecule has 3 N–H and O–H groups in total. The fourth-order valence-corrected chi connectivity index (χ4v) is 2.69. The van der Waals surface area contributed by atoms with Gasteiger partial charge >= 0.3 is 0 Å². The number of aliphatic hydroxyl groups excluding tert-OH is 1. The van der Waals surface area contributed by atoms with Crippen molar-refractivity contribution in [2.45, 2.75) is 32.7 Å². The molecule has 1 aliphatic heterocycles. The van der Waals surface area contributed by atoms with E-state index in [4.69, 9.17) is 10.8 Å². The summed E-state index contributed by atoms with van der Waals surface area (Å²) in [4.78, 5) is 6.94. The predicted molar refractivity (Wildman–Crippen MR) is 73.5 cm³/mol. The van der Waals surface area contributed by atoms with Crippen LogP contribution in [0, 0.1) is 12.8 Å². The molecule has 2 rings (SSSR count). The summed E-state index contributed by atoms with van der Waals surface area (Å²) in [6.45, 7) is 4.92. The quantitative estimate of drug-likeness (QED) is 0.848. The highest BCUT2D eigenvalue weighted by molar-refractivity contribution is 5.43. The van der Waals surface area contributed by atoms with Crippen molar-refractivity contribution in [2.24, 2.45) is 11.7 Å². The lowest BCUT2D eigenvalue weighted by atomic mass is 9.95. The van der Waals surface area contributed by atoms with Crippen LogP contribution in [0.1, 0.15) is 30.5 Å². The summed E-state index contributed by atoms with van der Waals surface area (Å²) in [6, 6.07) is 4.13. The van der Waals surface area contributed by atoms with Gasteiger partial charge in [-0.25, -0.2) is 4.98 Å². The average molecular weight is 249 g/mol. The summed E-state index contributed by atoms with van der Waals surface area (Å²) in [5.74, 6) is 1.63. The second-order valence-electron chi connectivity index (χ2n) is 5.15. The second kappa shape index (κ2) is 6.16. The standard InChI is InChI=1S/C14H23N3O/c1-11-7-13(9-15)8-14(16-11)17-5-2-3-12(10-17)4-6-18/h7-8,12,18H,2-6,9-10,15H2,1H3. The Kier molecular flexibility index (Phi) is 4.55. The first-order chi connectivity index (χ1) is 8.72. The fraction of sp³-hybridized carbons (Fsp3) is 0.643. The van der Waals surface area contributed by atoms with Crippen molar-refractivity contribution in [2.75, 3.05) is 24.6 Å². The molecule has 0 spiro atoms. The van der Waals surface area contributed by atoms with Crippen molar-refractivity contribution < 1.29 is 5.11 Å². The highest BCUT2D eigenvalue weighted by Crippen LogP contribution is 2.24. The number of nitrogens with two attached hydrogens (primary N) is 1. The molecule has 1 aromatic rings. The van der Waals surface area contributed by atoms with Crippen LogP contribution in [0.4, 0.5) is 5.82 Å². The largest absolute Gasteiger partial charge is 0.396 e. The molecule has 1 aromatic heterocycles. The van der Waals surface area contributed by atoms with E-state index in [-0.39, 0.29) is 6.61 Å². The summed E-state index contributed by atoms with van der Waals surface area (Å²) in [5.41, 5.74) is 7.88. The van der Waals surface area contributed by atoms with Gasteiger partial charge in [-0.2, -0.15) is 0 Å². The van der Waals surface area contributed by atoms with Crippen molar-refractivity contribution in [1.29, 1.82) is 0 Å². The normalized spacial score (nSPS) is 20.2. The highest BCUT2D eigenvalue weighted by atomic mass is 16.3. The van der Waals surface area contributed by atoms with Gasteiger partial charge in [-0.1, -0.05) is 0 Å². The monoisotopic (exact) mass is 249 g/mol. The molecule has 0 radical (unpaired) electrons. The van der Waals surface area contributed by atoms with E-state index in [9.17, 15) is 0 Å². The molecule has 0 bridgehead atoms. The molecule has 100 valence electrons. The van der Waals surface area contributed by atoms with E-state index in [0.717, 1.165) is 36.6 Å². The second-order valence-corrected chi connectivity index (χ2v) is 5.15. The minimum Gasteiger partial charge on any atom is -0.396 e. The first-order valence-electron chi connectivity index (χ1n) is 6.76. The number of hydrogen-bond acceptors (Lipinski definition) is 4. The summed E-state index contributed by atoms with van der Waals surface area (Å²) in [6.07, 6.45) is 3.29. The molecule has 1 aliphatic rings. The Morgan fingerprint density at radius 2 is 2.33 bits per heavy atom. The Hall–Kier alpha value is -1.13. The molecule has 1 saturated heterocycles. The van der Waals surface area contributed by atoms with Gasteiger partial charge in [0.05, 0.1) is 0 Å². The zero-order chi connectivity index (χ0) is 13.0. The molecule has 0 aliphatic carbocycles. The maximum absolute atomic E-state index is 9.05. The summed E-state index contributed by atoms with van der Waals surface area (Å²) >= 11 is 0. The van der Waals surface area contributed by atoms with E-state index < -0.39 is 0 Å². The number of aromatic nitrogens is 1. The first kappa shape index (κ1) is 13.3. The van der Waals surface area contributed by atoms with Crippen molar-refractivity contribution in [1.82, 2.24) is 4.98 Å². The third-order valence-corrected chi connectivity index (χ3v) is 3.62. The SMILES string of the molecule is Cc1cc(CN)cc(N2CCCC(CCO)C2)n1. The maximum Gasteiger partial charge on any atom is 0.129 e. The van der Waals surface area contributed by atoms with Crippen LogP contribution in [0.25, 0.3) is 0 Å². The molecule has 2 heterocycles. The van der Waals surface area contributed by atoms with Gasteiger partial charge in [-0.05, 0) is 49.8 Å². The predicted octanol–water partition coefficient (Wildman–Crippen LogP) is 1.45. The van der Waals surface area contributed by atoms with Crippen LogP contribution in [0.3, 0.4) is 0 Å². The average Bonchev–Trinajstić information content (AvgIpc) is 2.39. The van der Waals surface area contributed by atoms with Crippen LogP contribution in [-0.2, 0) is 6.54 Å². The third-order valence-electron chi connectivity index (χ3n) is 3.62. The van der Waals surface area contributed by atoms with Gasteiger partial charge in [0.1, 0.15) is 5.82 Å². The number of piperidine rings is 1. The lowest BCUT2D eigenvalue weighted by molar-refractivity contribution is 0.244. The number of anilines is 1. The molecule has 4 nitrogen and oxygen atoms in total. The third kappa shape index (κ3) is 3.21. The van der Waals surface area contributed by atoms with E-state index in [2.05, 4.69) is 16.0 Å². The van der Waals surface area contributed by atoms with Gasteiger partial charge in [-0.3, -0.25) is 0 Å². The van der Waals surface area contributed by atoms with E-state index in [1.165, 1.54) is 12.8 Å². The molecule has 1 atom stereocenters. The Morgan fingerprint density at radius 3 is 3.06 bits per heavy atom. The molecular formula is C14H23N3O. The Morgan fingerprint density at radius 1 is 1.50 bits per heavy atom. The number of aliphatic hydroxyl groups is 1. The molecule has 18 heavy (non-hydrogen) atoms.